The fraction of sp³-hybridized carbons (Fsp3) is 0.438. The van der Waals surface area contributed by atoms with E-state index in [0.29, 0.717) is 12.5 Å². The molecule has 0 radical (unpaired) electrons. The Morgan fingerprint density at radius 2 is 2.08 bits per heavy atom. The van der Waals surface area contributed by atoms with Gasteiger partial charge in [0.25, 0.3) is 0 Å². The highest BCUT2D eigenvalue weighted by atomic mass is 127. The highest BCUT2D eigenvalue weighted by Crippen LogP contribution is 2.17. The van der Waals surface area contributed by atoms with E-state index in [1.165, 1.54) is 0 Å². The molecule has 7 nitrogen and oxygen atoms in total. The number of aromatic nitrogens is 3. The number of anilines is 1. The van der Waals surface area contributed by atoms with Gasteiger partial charge < -0.3 is 20.4 Å². The van der Waals surface area contributed by atoms with Crippen LogP contribution in [0.3, 0.4) is 0 Å². The predicted molar refractivity (Wildman–Crippen MR) is 105 cm³/mol. The average molecular weight is 442 g/mol. The van der Waals surface area contributed by atoms with E-state index in [4.69, 9.17) is 10.5 Å². The Kier molecular flexibility index (Phi) is 6.41. The van der Waals surface area contributed by atoms with Crippen LogP contribution < -0.4 is 15.8 Å². The lowest BCUT2D eigenvalue weighted by molar-refractivity contribution is 0.242. The van der Waals surface area contributed by atoms with Crippen LogP contribution in [0.5, 0.6) is 5.75 Å². The Morgan fingerprint density at radius 1 is 1.33 bits per heavy atom. The predicted octanol–water partition coefficient (Wildman–Crippen LogP) is 2.56. The second kappa shape index (κ2) is 8.32. The van der Waals surface area contributed by atoms with Crippen molar-refractivity contribution in [1.82, 2.24) is 14.8 Å². The van der Waals surface area contributed by atoms with Crippen LogP contribution in [0.1, 0.15) is 31.9 Å². The lowest BCUT2D eigenvalue weighted by Gasteiger charge is -2.10. The molecule has 3 N–H and O–H groups in total. The van der Waals surface area contributed by atoms with Gasteiger partial charge in [-0.3, -0.25) is 0 Å². The number of aryl methyl sites for hydroxylation is 1. The third kappa shape index (κ3) is 4.59. The molecule has 130 valence electrons. The van der Waals surface area contributed by atoms with Crippen LogP contribution in [0, 0.1) is 0 Å². The van der Waals surface area contributed by atoms with E-state index in [9.17, 15) is 0 Å². The number of hydrogen-bond acceptors (Lipinski definition) is 4. The van der Waals surface area contributed by atoms with E-state index in [1.54, 1.807) is 0 Å². The Morgan fingerprint density at radius 3 is 2.79 bits per heavy atom. The number of nitrogens with two attached hydrogens (primary N) is 1. The maximum atomic E-state index is 5.94. The van der Waals surface area contributed by atoms with E-state index in [0.717, 1.165) is 42.5 Å². The maximum Gasteiger partial charge on any atom is 0.193 e. The number of aliphatic imine (C=N–C) groups is 1. The zero-order valence-electron chi connectivity index (χ0n) is 13.9. The van der Waals surface area contributed by atoms with Gasteiger partial charge in [-0.25, -0.2) is 4.99 Å². The quantitative estimate of drug-likeness (QED) is 0.422. The van der Waals surface area contributed by atoms with Gasteiger partial charge >= 0.3 is 0 Å². The summed E-state index contributed by atoms with van der Waals surface area (Å²) in [6, 6.07) is 7.63. The molecule has 2 heterocycles. The maximum absolute atomic E-state index is 5.94. The normalized spacial score (nSPS) is 13.5. The minimum absolute atomic E-state index is 0. The summed E-state index contributed by atoms with van der Waals surface area (Å²) in [6.45, 7) is 5.40. The van der Waals surface area contributed by atoms with Crippen molar-refractivity contribution in [3.05, 3.63) is 35.9 Å². The van der Waals surface area contributed by atoms with Crippen LogP contribution in [0.4, 0.5) is 5.69 Å². The SMILES string of the molecule is CC(C)Oc1ccc(NC(N)=NCc2nnc3n2CCC3)cc1.I. The van der Waals surface area contributed by atoms with E-state index >= 15 is 0 Å². The molecular formula is C16H23IN6O. The number of guanidine groups is 1. The first-order chi connectivity index (χ1) is 11.1. The first-order valence-corrected chi connectivity index (χ1v) is 7.86. The average Bonchev–Trinajstić information content (AvgIpc) is 3.10. The molecular weight excluding hydrogens is 419 g/mol. The summed E-state index contributed by atoms with van der Waals surface area (Å²) in [5, 5.41) is 11.4. The van der Waals surface area contributed by atoms with Crippen LogP contribution in [-0.2, 0) is 19.5 Å². The number of nitrogens with zero attached hydrogens (tertiary/aromatic N) is 4. The summed E-state index contributed by atoms with van der Waals surface area (Å²) in [6.07, 6.45) is 2.28. The second-order valence-corrected chi connectivity index (χ2v) is 5.81. The Hall–Kier alpha value is -1.84. The van der Waals surface area contributed by atoms with Gasteiger partial charge in [-0.15, -0.1) is 34.2 Å². The van der Waals surface area contributed by atoms with Gasteiger partial charge in [-0.2, -0.15) is 0 Å². The van der Waals surface area contributed by atoms with Crippen LogP contribution in [-0.4, -0.2) is 26.8 Å². The van der Waals surface area contributed by atoms with E-state index in [2.05, 4.69) is 25.1 Å². The lowest BCUT2D eigenvalue weighted by atomic mass is 10.3. The topological polar surface area (TPSA) is 90.3 Å². The number of rotatable bonds is 5. The van der Waals surface area contributed by atoms with Crippen molar-refractivity contribution in [2.24, 2.45) is 10.7 Å². The fourth-order valence-electron chi connectivity index (χ4n) is 2.56. The molecule has 24 heavy (non-hydrogen) atoms. The van der Waals surface area contributed by atoms with E-state index < -0.39 is 0 Å². The molecule has 0 unspecified atom stereocenters. The van der Waals surface area contributed by atoms with Crippen molar-refractivity contribution in [2.45, 2.75) is 45.9 Å². The molecule has 2 aromatic rings. The summed E-state index contributed by atoms with van der Waals surface area (Å²) >= 11 is 0. The third-order valence-corrected chi connectivity index (χ3v) is 3.58. The van der Waals surface area contributed by atoms with Crippen molar-refractivity contribution in [3.63, 3.8) is 0 Å². The Bertz CT molecular complexity index is 695. The molecule has 0 aliphatic carbocycles. The molecule has 0 amide bonds. The molecule has 0 atom stereocenters. The minimum atomic E-state index is 0. The molecule has 1 aromatic carbocycles. The first-order valence-electron chi connectivity index (χ1n) is 7.86. The minimum Gasteiger partial charge on any atom is -0.491 e. The zero-order chi connectivity index (χ0) is 16.2. The van der Waals surface area contributed by atoms with Crippen LogP contribution >= 0.6 is 24.0 Å². The molecule has 3 rings (SSSR count). The summed E-state index contributed by atoms with van der Waals surface area (Å²) in [4.78, 5) is 4.34. The summed E-state index contributed by atoms with van der Waals surface area (Å²) in [7, 11) is 0. The monoisotopic (exact) mass is 442 g/mol. The first kappa shape index (κ1) is 18.5. The van der Waals surface area contributed by atoms with Crippen LogP contribution in [0.15, 0.2) is 29.3 Å². The number of halogens is 1. The third-order valence-electron chi connectivity index (χ3n) is 3.58. The van der Waals surface area contributed by atoms with Crippen molar-refractivity contribution in [1.29, 1.82) is 0 Å². The molecule has 1 aromatic heterocycles. The van der Waals surface area contributed by atoms with Gasteiger partial charge in [0, 0.05) is 18.7 Å². The van der Waals surface area contributed by atoms with Gasteiger partial charge in [-0.1, -0.05) is 0 Å². The highest BCUT2D eigenvalue weighted by Gasteiger charge is 2.16. The molecule has 0 saturated carbocycles. The highest BCUT2D eigenvalue weighted by molar-refractivity contribution is 14.0. The number of ether oxygens (including phenoxy) is 1. The largest absolute Gasteiger partial charge is 0.491 e. The van der Waals surface area contributed by atoms with Gasteiger partial charge in [-0.05, 0) is 44.5 Å². The number of nitrogens with one attached hydrogen (secondary N) is 1. The van der Waals surface area contributed by atoms with E-state index in [-0.39, 0.29) is 30.1 Å². The molecule has 0 saturated heterocycles. The summed E-state index contributed by atoms with van der Waals surface area (Å²) in [5.41, 5.74) is 6.81. The number of benzene rings is 1. The Balaban J connectivity index is 0.00000208. The molecule has 0 fully saturated rings. The van der Waals surface area contributed by atoms with Gasteiger partial charge in [0.2, 0.25) is 0 Å². The van der Waals surface area contributed by atoms with Crippen molar-refractivity contribution in [2.75, 3.05) is 5.32 Å². The summed E-state index contributed by atoms with van der Waals surface area (Å²) in [5.74, 6) is 3.10. The van der Waals surface area contributed by atoms with Crippen molar-refractivity contribution in [3.8, 4) is 5.75 Å². The van der Waals surface area contributed by atoms with Gasteiger partial charge in [0.15, 0.2) is 11.8 Å². The van der Waals surface area contributed by atoms with Crippen molar-refractivity contribution < 1.29 is 4.74 Å². The zero-order valence-corrected chi connectivity index (χ0v) is 16.2. The fourth-order valence-corrected chi connectivity index (χ4v) is 2.56. The van der Waals surface area contributed by atoms with E-state index in [1.807, 2.05) is 38.1 Å². The summed E-state index contributed by atoms with van der Waals surface area (Å²) < 4.78 is 7.73. The smallest absolute Gasteiger partial charge is 0.193 e. The Labute approximate surface area is 158 Å². The standard InChI is InChI=1S/C16H22N6O.HI/c1-11(2)23-13-7-5-12(6-8-13)19-16(17)18-10-15-21-20-14-4-3-9-22(14)15;/h5-8,11H,3-4,9-10H2,1-2H3,(H3,17,18,19);1H. The number of fused-ring (bicyclic) bond motifs is 1. The van der Waals surface area contributed by atoms with Gasteiger partial charge in [0.1, 0.15) is 18.1 Å². The molecule has 8 heteroatoms. The molecule has 0 bridgehead atoms. The second-order valence-electron chi connectivity index (χ2n) is 5.81. The lowest BCUT2D eigenvalue weighted by Crippen LogP contribution is -2.22. The van der Waals surface area contributed by atoms with Crippen molar-refractivity contribution >= 4 is 35.6 Å². The molecule has 1 aliphatic rings. The van der Waals surface area contributed by atoms with Crippen LogP contribution in [0.25, 0.3) is 0 Å². The molecule has 0 spiro atoms. The molecule has 1 aliphatic heterocycles. The van der Waals surface area contributed by atoms with Crippen LogP contribution in [0.2, 0.25) is 0 Å². The number of hydrogen-bond donors (Lipinski definition) is 2. The van der Waals surface area contributed by atoms with Gasteiger partial charge in [0.05, 0.1) is 6.10 Å².